The largest absolute Gasteiger partial charge is 0.383 e. The van der Waals surface area contributed by atoms with Gasteiger partial charge in [-0.3, -0.25) is 0 Å². The molecule has 1 aromatic heterocycles. The summed E-state index contributed by atoms with van der Waals surface area (Å²) in [5, 5.41) is 9.43. The van der Waals surface area contributed by atoms with Crippen molar-refractivity contribution < 1.29 is 14.3 Å². The molecule has 2 N–H and O–H groups in total. The van der Waals surface area contributed by atoms with Gasteiger partial charge in [0.05, 0.1) is 6.61 Å². The molecule has 17 heavy (non-hydrogen) atoms. The average molecular weight is 258 g/mol. The van der Waals surface area contributed by atoms with Gasteiger partial charge in [-0.05, 0) is 22.4 Å². The molecule has 0 aliphatic heterocycles. The summed E-state index contributed by atoms with van der Waals surface area (Å²) < 4.78 is 10.1. The van der Waals surface area contributed by atoms with Crippen molar-refractivity contribution in [1.29, 1.82) is 0 Å². The van der Waals surface area contributed by atoms with Crippen molar-refractivity contribution in [2.45, 2.75) is 6.10 Å². The number of ether oxygens (including phenoxy) is 2. The Kier molecular flexibility index (Phi) is 6.61. The molecule has 1 atom stereocenters. The number of urea groups is 1. The van der Waals surface area contributed by atoms with E-state index in [2.05, 4.69) is 10.6 Å². The van der Waals surface area contributed by atoms with Gasteiger partial charge in [-0.15, -0.1) is 0 Å². The Hall–Kier alpha value is -1.11. The summed E-state index contributed by atoms with van der Waals surface area (Å²) in [6, 6.07) is 1.78. The van der Waals surface area contributed by atoms with Gasteiger partial charge in [0.2, 0.25) is 0 Å². The van der Waals surface area contributed by atoms with Crippen LogP contribution < -0.4 is 10.6 Å². The number of rotatable bonds is 7. The summed E-state index contributed by atoms with van der Waals surface area (Å²) in [5.41, 5.74) is 1.08. The quantitative estimate of drug-likeness (QED) is 0.726. The van der Waals surface area contributed by atoms with Gasteiger partial charge in [0, 0.05) is 27.3 Å². The third kappa shape index (κ3) is 5.16. The molecule has 0 spiro atoms. The highest BCUT2D eigenvalue weighted by Gasteiger charge is 2.11. The van der Waals surface area contributed by atoms with Gasteiger partial charge in [-0.2, -0.15) is 11.3 Å². The summed E-state index contributed by atoms with van der Waals surface area (Å²) in [6.45, 7) is 1.45. The van der Waals surface area contributed by atoms with Crippen molar-refractivity contribution in [2.75, 3.05) is 33.9 Å². The molecule has 1 aromatic rings. The van der Waals surface area contributed by atoms with Crippen LogP contribution in [0.3, 0.4) is 0 Å². The molecule has 6 heteroatoms. The lowest BCUT2D eigenvalue weighted by molar-refractivity contribution is 0.104. The van der Waals surface area contributed by atoms with Crippen LogP contribution >= 0.6 is 11.3 Å². The van der Waals surface area contributed by atoms with Crippen LogP contribution in [0, 0.1) is 0 Å². The lowest BCUT2D eigenvalue weighted by atomic mass is 10.2. The molecule has 5 nitrogen and oxygen atoms in total. The minimum Gasteiger partial charge on any atom is -0.383 e. The van der Waals surface area contributed by atoms with E-state index in [1.165, 1.54) is 0 Å². The number of nitrogens with one attached hydrogen (secondary N) is 2. The van der Waals surface area contributed by atoms with Gasteiger partial charge < -0.3 is 20.1 Å². The van der Waals surface area contributed by atoms with Crippen LogP contribution in [0.5, 0.6) is 0 Å². The number of hydrogen-bond donors (Lipinski definition) is 2. The van der Waals surface area contributed by atoms with E-state index in [9.17, 15) is 4.79 Å². The summed E-state index contributed by atoms with van der Waals surface area (Å²) in [6.07, 6.45) is -0.102. The lowest BCUT2D eigenvalue weighted by Crippen LogP contribution is -2.39. The van der Waals surface area contributed by atoms with E-state index < -0.39 is 0 Å². The maximum atomic E-state index is 11.4. The SMILES string of the molecule is COCCNC(=O)NC[C@H](OC)c1ccsc1. The van der Waals surface area contributed by atoms with E-state index in [-0.39, 0.29) is 12.1 Å². The molecule has 0 saturated carbocycles. The van der Waals surface area contributed by atoms with Gasteiger partial charge in [0.1, 0.15) is 6.10 Å². The average Bonchev–Trinajstić information content (AvgIpc) is 2.84. The van der Waals surface area contributed by atoms with Gasteiger partial charge in [-0.1, -0.05) is 0 Å². The zero-order valence-electron chi connectivity index (χ0n) is 10.1. The van der Waals surface area contributed by atoms with E-state index in [1.807, 2.05) is 16.8 Å². The maximum absolute atomic E-state index is 11.4. The van der Waals surface area contributed by atoms with Crippen molar-refractivity contribution in [1.82, 2.24) is 10.6 Å². The van der Waals surface area contributed by atoms with Crippen LogP contribution in [0.1, 0.15) is 11.7 Å². The first-order valence-corrected chi connectivity index (χ1v) is 6.27. The summed E-state index contributed by atoms with van der Waals surface area (Å²) in [4.78, 5) is 11.4. The van der Waals surface area contributed by atoms with Crippen LogP contribution in [-0.4, -0.2) is 39.9 Å². The van der Waals surface area contributed by atoms with Gasteiger partial charge in [0.25, 0.3) is 0 Å². The second-order valence-corrected chi connectivity index (χ2v) is 4.19. The molecule has 96 valence electrons. The number of methoxy groups -OCH3 is 2. The van der Waals surface area contributed by atoms with Crippen LogP contribution in [0.2, 0.25) is 0 Å². The molecule has 1 rings (SSSR count). The molecular weight excluding hydrogens is 240 g/mol. The van der Waals surface area contributed by atoms with Crippen molar-refractivity contribution in [2.24, 2.45) is 0 Å². The minimum atomic E-state index is -0.209. The van der Waals surface area contributed by atoms with Crippen molar-refractivity contribution in [3.8, 4) is 0 Å². The first-order valence-electron chi connectivity index (χ1n) is 5.33. The number of thiophene rings is 1. The fraction of sp³-hybridized carbons (Fsp3) is 0.545. The first kappa shape index (κ1) is 14.0. The second-order valence-electron chi connectivity index (χ2n) is 3.41. The van der Waals surface area contributed by atoms with E-state index in [1.54, 1.807) is 25.6 Å². The Morgan fingerprint density at radius 1 is 1.47 bits per heavy atom. The van der Waals surface area contributed by atoms with Crippen LogP contribution in [0.4, 0.5) is 4.79 Å². The normalized spacial score (nSPS) is 12.1. The zero-order valence-corrected chi connectivity index (χ0v) is 10.9. The monoisotopic (exact) mass is 258 g/mol. The molecule has 0 aliphatic carbocycles. The van der Waals surface area contributed by atoms with Crippen LogP contribution in [0.25, 0.3) is 0 Å². The standard InChI is InChI=1S/C11H18N2O3S/c1-15-5-4-12-11(14)13-7-10(16-2)9-3-6-17-8-9/h3,6,8,10H,4-5,7H2,1-2H3,(H2,12,13,14)/t10-/m0/s1. The van der Waals surface area contributed by atoms with E-state index in [0.717, 1.165) is 5.56 Å². The predicted octanol–water partition coefficient (Wildman–Crippen LogP) is 1.38. The molecule has 0 aromatic carbocycles. The molecule has 2 amide bonds. The van der Waals surface area contributed by atoms with Crippen molar-refractivity contribution in [3.05, 3.63) is 22.4 Å². The number of hydrogen-bond acceptors (Lipinski definition) is 4. The summed E-state index contributed by atoms with van der Waals surface area (Å²) in [5.74, 6) is 0. The second kappa shape index (κ2) is 8.05. The Balaban J connectivity index is 2.26. The predicted molar refractivity (Wildman–Crippen MR) is 67.3 cm³/mol. The van der Waals surface area contributed by atoms with Crippen molar-refractivity contribution in [3.63, 3.8) is 0 Å². The molecule has 0 aliphatic rings. The topological polar surface area (TPSA) is 59.6 Å². The molecule has 1 heterocycles. The van der Waals surface area contributed by atoms with Crippen LogP contribution in [-0.2, 0) is 9.47 Å². The van der Waals surface area contributed by atoms with Gasteiger partial charge >= 0.3 is 6.03 Å². The van der Waals surface area contributed by atoms with Gasteiger partial charge in [0.15, 0.2) is 0 Å². The fourth-order valence-corrected chi connectivity index (χ4v) is 2.01. The molecule has 0 unspecified atom stereocenters. The number of carbonyl (C=O) groups is 1. The molecule has 0 radical (unpaired) electrons. The van der Waals surface area contributed by atoms with E-state index in [4.69, 9.17) is 9.47 Å². The highest BCUT2D eigenvalue weighted by atomic mass is 32.1. The third-order valence-corrected chi connectivity index (χ3v) is 2.94. The Labute approximate surface area is 105 Å². The van der Waals surface area contributed by atoms with E-state index >= 15 is 0 Å². The molecule has 0 fully saturated rings. The maximum Gasteiger partial charge on any atom is 0.314 e. The summed E-state index contributed by atoms with van der Waals surface area (Å²) in [7, 11) is 3.23. The minimum absolute atomic E-state index is 0.102. The van der Waals surface area contributed by atoms with Gasteiger partial charge in [-0.25, -0.2) is 4.79 Å². The highest BCUT2D eigenvalue weighted by molar-refractivity contribution is 7.07. The summed E-state index contributed by atoms with van der Waals surface area (Å²) >= 11 is 1.61. The molecule has 0 saturated heterocycles. The third-order valence-electron chi connectivity index (χ3n) is 2.24. The first-order chi connectivity index (χ1) is 8.27. The Morgan fingerprint density at radius 3 is 2.88 bits per heavy atom. The van der Waals surface area contributed by atoms with Crippen molar-refractivity contribution >= 4 is 17.4 Å². The van der Waals surface area contributed by atoms with E-state index in [0.29, 0.717) is 19.7 Å². The Bertz CT molecular complexity index is 317. The Morgan fingerprint density at radius 2 is 2.29 bits per heavy atom. The zero-order chi connectivity index (χ0) is 12.5. The highest BCUT2D eigenvalue weighted by Crippen LogP contribution is 2.18. The smallest absolute Gasteiger partial charge is 0.314 e. The number of carbonyl (C=O) groups excluding carboxylic acids is 1. The fourth-order valence-electron chi connectivity index (χ4n) is 1.31. The van der Waals surface area contributed by atoms with Crippen LogP contribution in [0.15, 0.2) is 16.8 Å². The lowest BCUT2D eigenvalue weighted by Gasteiger charge is -2.15. The molecular formula is C11H18N2O3S. The number of amides is 2. The molecule has 0 bridgehead atoms.